The van der Waals surface area contributed by atoms with Crippen LogP contribution >= 0.6 is 0 Å². The highest BCUT2D eigenvalue weighted by Crippen LogP contribution is 2.32. The topological polar surface area (TPSA) is 40.5 Å². The molecule has 0 heterocycles. The lowest BCUT2D eigenvalue weighted by atomic mass is 10.0. The molecule has 0 saturated carbocycles. The first kappa shape index (κ1) is 8.89. The zero-order chi connectivity index (χ0) is 10.4. The van der Waals surface area contributed by atoms with Crippen LogP contribution in [0.2, 0.25) is 0 Å². The normalized spacial score (nSPS) is 14.1. The van der Waals surface area contributed by atoms with Crippen LogP contribution in [0.1, 0.15) is 23.0 Å². The second-order valence-corrected chi connectivity index (χ2v) is 4.07. The summed E-state index contributed by atoms with van der Waals surface area (Å²) in [5.74, 6) is 0. The SMILES string of the molecule is OC(O)c1cc2c3c(cccc3c1)CC2. The molecule has 2 heteroatoms. The summed E-state index contributed by atoms with van der Waals surface area (Å²) in [5.41, 5.74) is 3.21. The van der Waals surface area contributed by atoms with Crippen LogP contribution in [0.15, 0.2) is 30.3 Å². The summed E-state index contributed by atoms with van der Waals surface area (Å²) in [5, 5.41) is 20.8. The van der Waals surface area contributed by atoms with E-state index in [2.05, 4.69) is 6.07 Å². The molecule has 2 aromatic rings. The van der Waals surface area contributed by atoms with E-state index in [9.17, 15) is 10.2 Å². The third kappa shape index (κ3) is 1.26. The van der Waals surface area contributed by atoms with E-state index in [0.717, 1.165) is 18.2 Å². The summed E-state index contributed by atoms with van der Waals surface area (Å²) >= 11 is 0. The van der Waals surface area contributed by atoms with Crippen molar-refractivity contribution in [2.24, 2.45) is 0 Å². The Bertz CT molecular complexity index is 529. The van der Waals surface area contributed by atoms with Crippen molar-refractivity contribution >= 4 is 10.8 Å². The van der Waals surface area contributed by atoms with Gasteiger partial charge >= 0.3 is 0 Å². The van der Waals surface area contributed by atoms with Crippen molar-refractivity contribution in [3.05, 3.63) is 47.0 Å². The van der Waals surface area contributed by atoms with Gasteiger partial charge < -0.3 is 10.2 Å². The van der Waals surface area contributed by atoms with E-state index in [1.54, 1.807) is 0 Å². The Labute approximate surface area is 87.8 Å². The molecule has 0 aromatic heterocycles. The molecule has 2 aromatic carbocycles. The molecule has 0 aliphatic heterocycles. The van der Waals surface area contributed by atoms with Crippen LogP contribution < -0.4 is 0 Å². The van der Waals surface area contributed by atoms with Crippen LogP contribution in [-0.2, 0) is 12.8 Å². The van der Waals surface area contributed by atoms with E-state index in [1.165, 1.54) is 16.5 Å². The Balaban J connectivity index is 2.36. The van der Waals surface area contributed by atoms with Crippen molar-refractivity contribution in [3.63, 3.8) is 0 Å². The molecule has 0 spiro atoms. The fourth-order valence-corrected chi connectivity index (χ4v) is 2.45. The van der Waals surface area contributed by atoms with Gasteiger partial charge in [-0.25, -0.2) is 0 Å². The molecule has 0 unspecified atom stereocenters. The van der Waals surface area contributed by atoms with Gasteiger partial charge in [-0.05, 0) is 40.8 Å². The van der Waals surface area contributed by atoms with Gasteiger partial charge in [0.1, 0.15) is 0 Å². The first-order valence-corrected chi connectivity index (χ1v) is 5.16. The summed E-state index contributed by atoms with van der Waals surface area (Å²) in [7, 11) is 0. The summed E-state index contributed by atoms with van der Waals surface area (Å²) < 4.78 is 0. The fraction of sp³-hybridized carbons (Fsp3) is 0.231. The zero-order valence-corrected chi connectivity index (χ0v) is 8.27. The van der Waals surface area contributed by atoms with Gasteiger partial charge in [0, 0.05) is 5.56 Å². The van der Waals surface area contributed by atoms with Crippen molar-refractivity contribution in [2.45, 2.75) is 19.1 Å². The van der Waals surface area contributed by atoms with Crippen LogP contribution in [0.3, 0.4) is 0 Å². The van der Waals surface area contributed by atoms with Crippen LogP contribution in [0.25, 0.3) is 10.8 Å². The number of hydrogen-bond acceptors (Lipinski definition) is 2. The minimum Gasteiger partial charge on any atom is -0.364 e. The number of aryl methyl sites for hydroxylation is 2. The molecule has 1 aliphatic carbocycles. The Hall–Kier alpha value is -1.38. The van der Waals surface area contributed by atoms with E-state index >= 15 is 0 Å². The number of benzene rings is 2. The van der Waals surface area contributed by atoms with Gasteiger partial charge in [-0.2, -0.15) is 0 Å². The third-order valence-electron chi connectivity index (χ3n) is 3.13. The maximum Gasteiger partial charge on any atom is 0.178 e. The van der Waals surface area contributed by atoms with Gasteiger partial charge in [0.15, 0.2) is 6.29 Å². The molecule has 0 atom stereocenters. The average Bonchev–Trinajstić information content (AvgIpc) is 2.64. The maximum absolute atomic E-state index is 9.18. The van der Waals surface area contributed by atoms with Gasteiger partial charge in [0.25, 0.3) is 0 Å². The van der Waals surface area contributed by atoms with Crippen LogP contribution in [0.5, 0.6) is 0 Å². The number of aliphatic hydroxyl groups excluding tert-OH is 1. The predicted molar refractivity (Wildman–Crippen MR) is 58.5 cm³/mol. The van der Waals surface area contributed by atoms with E-state index in [4.69, 9.17) is 0 Å². The summed E-state index contributed by atoms with van der Waals surface area (Å²) in [6, 6.07) is 9.97. The summed E-state index contributed by atoms with van der Waals surface area (Å²) in [4.78, 5) is 0. The summed E-state index contributed by atoms with van der Waals surface area (Å²) in [6.07, 6.45) is 0.712. The highest BCUT2D eigenvalue weighted by atomic mass is 16.5. The first-order valence-electron chi connectivity index (χ1n) is 5.16. The molecule has 0 fully saturated rings. The molecular formula is C13H12O2. The fourth-order valence-electron chi connectivity index (χ4n) is 2.45. The lowest BCUT2D eigenvalue weighted by molar-refractivity contribution is -0.0424. The molecule has 15 heavy (non-hydrogen) atoms. The Morgan fingerprint density at radius 3 is 2.60 bits per heavy atom. The zero-order valence-electron chi connectivity index (χ0n) is 8.27. The van der Waals surface area contributed by atoms with Crippen LogP contribution in [-0.4, -0.2) is 10.2 Å². The van der Waals surface area contributed by atoms with Crippen molar-refractivity contribution in [2.75, 3.05) is 0 Å². The minimum atomic E-state index is -1.37. The molecule has 1 aliphatic rings. The van der Waals surface area contributed by atoms with Gasteiger partial charge in [-0.15, -0.1) is 0 Å². The molecule has 76 valence electrons. The first-order chi connectivity index (χ1) is 7.25. The molecule has 0 radical (unpaired) electrons. The molecule has 3 rings (SSSR count). The molecule has 0 saturated heterocycles. The highest BCUT2D eigenvalue weighted by Gasteiger charge is 2.16. The summed E-state index contributed by atoms with van der Waals surface area (Å²) in [6.45, 7) is 0. The second kappa shape index (κ2) is 3.05. The standard InChI is InChI=1S/C13H12O2/c14-13(15)11-6-9-3-1-2-8-4-5-10(7-11)12(8)9/h1-3,6-7,13-15H,4-5H2. The maximum atomic E-state index is 9.18. The van der Waals surface area contributed by atoms with E-state index in [-0.39, 0.29) is 0 Å². The van der Waals surface area contributed by atoms with Gasteiger partial charge in [0.2, 0.25) is 0 Å². The van der Waals surface area contributed by atoms with Gasteiger partial charge in [-0.1, -0.05) is 24.3 Å². The predicted octanol–water partition coefficient (Wildman–Crippen LogP) is 1.92. The minimum absolute atomic E-state index is 0.594. The lowest BCUT2D eigenvalue weighted by Crippen LogP contribution is -1.95. The van der Waals surface area contributed by atoms with E-state index < -0.39 is 6.29 Å². The highest BCUT2D eigenvalue weighted by molar-refractivity contribution is 5.91. The van der Waals surface area contributed by atoms with Crippen molar-refractivity contribution < 1.29 is 10.2 Å². The van der Waals surface area contributed by atoms with E-state index in [0.29, 0.717) is 5.56 Å². The quantitative estimate of drug-likeness (QED) is 0.690. The van der Waals surface area contributed by atoms with Crippen molar-refractivity contribution in [3.8, 4) is 0 Å². The Morgan fingerprint density at radius 1 is 1.00 bits per heavy atom. The monoisotopic (exact) mass is 200 g/mol. The smallest absolute Gasteiger partial charge is 0.178 e. The van der Waals surface area contributed by atoms with Crippen LogP contribution in [0.4, 0.5) is 0 Å². The largest absolute Gasteiger partial charge is 0.364 e. The molecule has 2 nitrogen and oxygen atoms in total. The van der Waals surface area contributed by atoms with Gasteiger partial charge in [-0.3, -0.25) is 0 Å². The average molecular weight is 200 g/mol. The molecule has 0 amide bonds. The Kier molecular flexibility index (Phi) is 1.81. The lowest BCUT2D eigenvalue weighted by Gasteiger charge is -2.08. The number of aliphatic hydroxyl groups is 2. The molecular weight excluding hydrogens is 188 g/mol. The van der Waals surface area contributed by atoms with Crippen molar-refractivity contribution in [1.29, 1.82) is 0 Å². The Morgan fingerprint density at radius 2 is 1.80 bits per heavy atom. The second-order valence-electron chi connectivity index (χ2n) is 4.07. The van der Waals surface area contributed by atoms with Gasteiger partial charge in [0.05, 0.1) is 0 Å². The van der Waals surface area contributed by atoms with E-state index in [1.807, 2.05) is 24.3 Å². The number of hydrogen-bond donors (Lipinski definition) is 2. The molecule has 0 bridgehead atoms. The van der Waals surface area contributed by atoms with Crippen LogP contribution in [0, 0.1) is 0 Å². The van der Waals surface area contributed by atoms with Crippen molar-refractivity contribution in [1.82, 2.24) is 0 Å². The molecule has 2 N–H and O–H groups in total. The number of rotatable bonds is 1. The third-order valence-corrected chi connectivity index (χ3v) is 3.13.